The quantitative estimate of drug-likeness (QED) is 0.597. The zero-order chi connectivity index (χ0) is 15.4. The van der Waals surface area contributed by atoms with Crippen molar-refractivity contribution in [2.24, 2.45) is 5.84 Å². The molecule has 3 N–H and O–H groups in total. The number of halogens is 1. The highest BCUT2D eigenvalue weighted by molar-refractivity contribution is 9.10. The predicted molar refractivity (Wildman–Crippen MR) is 86.7 cm³/mol. The van der Waals surface area contributed by atoms with Crippen LogP contribution in [0, 0.1) is 0 Å². The number of ether oxygens (including phenoxy) is 1. The molecule has 0 bridgehead atoms. The molecule has 1 saturated heterocycles. The van der Waals surface area contributed by atoms with Crippen molar-refractivity contribution in [2.75, 3.05) is 19.7 Å². The van der Waals surface area contributed by atoms with Crippen molar-refractivity contribution in [1.82, 2.24) is 20.1 Å². The monoisotopic (exact) mass is 359 g/mol. The van der Waals surface area contributed by atoms with Crippen LogP contribution in [-0.4, -0.2) is 46.5 Å². The third-order valence-corrected chi connectivity index (χ3v) is 4.58. The van der Waals surface area contributed by atoms with Gasteiger partial charge in [0.25, 0.3) is 0 Å². The van der Waals surface area contributed by atoms with Crippen molar-refractivity contribution in [3.05, 3.63) is 16.4 Å². The molecule has 0 aromatic carbocycles. The Hall–Kier alpha value is -0.470. The summed E-state index contributed by atoms with van der Waals surface area (Å²) in [4.78, 5) is 2.42. The summed E-state index contributed by atoms with van der Waals surface area (Å²) >= 11 is 3.59. The van der Waals surface area contributed by atoms with Gasteiger partial charge in [-0.2, -0.15) is 5.10 Å². The summed E-state index contributed by atoms with van der Waals surface area (Å²) in [5.41, 5.74) is 4.00. The summed E-state index contributed by atoms with van der Waals surface area (Å²) in [6, 6.07) is 0.439. The highest BCUT2D eigenvalue weighted by Crippen LogP contribution is 2.28. The Morgan fingerprint density at radius 3 is 2.95 bits per heavy atom. The smallest absolute Gasteiger partial charge is 0.0925 e. The van der Waals surface area contributed by atoms with Crippen LogP contribution in [0.3, 0.4) is 0 Å². The van der Waals surface area contributed by atoms with Crippen LogP contribution >= 0.6 is 15.9 Å². The Kier molecular flexibility index (Phi) is 6.19. The number of nitrogens with zero attached hydrogens (tertiary/aromatic N) is 3. The number of morpholine rings is 1. The number of hydrogen-bond acceptors (Lipinski definition) is 5. The van der Waals surface area contributed by atoms with Crippen LogP contribution < -0.4 is 11.3 Å². The SMILES string of the molecule is CCCn1ncc(Br)c1C(NN)C1CN(C(C)C)CCO1. The summed E-state index contributed by atoms with van der Waals surface area (Å²) in [5, 5.41) is 4.43. The molecule has 1 aromatic rings. The average molecular weight is 360 g/mol. The highest BCUT2D eigenvalue weighted by atomic mass is 79.9. The first-order chi connectivity index (χ1) is 10.1. The van der Waals surface area contributed by atoms with E-state index in [0.29, 0.717) is 6.04 Å². The molecule has 6 nitrogen and oxygen atoms in total. The fraction of sp³-hybridized carbons (Fsp3) is 0.786. The molecule has 1 aromatic heterocycles. The first-order valence-electron chi connectivity index (χ1n) is 7.61. The zero-order valence-electron chi connectivity index (χ0n) is 13.1. The summed E-state index contributed by atoms with van der Waals surface area (Å²) in [5.74, 6) is 5.84. The van der Waals surface area contributed by atoms with Crippen LogP contribution in [0.15, 0.2) is 10.7 Å². The van der Waals surface area contributed by atoms with E-state index in [0.717, 1.165) is 42.8 Å². The Labute approximate surface area is 135 Å². The fourth-order valence-electron chi connectivity index (χ4n) is 2.80. The van der Waals surface area contributed by atoms with Crippen molar-refractivity contribution in [2.45, 2.75) is 51.9 Å². The van der Waals surface area contributed by atoms with E-state index in [1.165, 1.54) is 0 Å². The number of rotatable bonds is 6. The molecule has 0 spiro atoms. The van der Waals surface area contributed by atoms with Gasteiger partial charge < -0.3 is 4.74 Å². The van der Waals surface area contributed by atoms with Gasteiger partial charge in [-0.1, -0.05) is 6.92 Å². The van der Waals surface area contributed by atoms with Crippen molar-refractivity contribution in [3.63, 3.8) is 0 Å². The molecule has 2 heterocycles. The van der Waals surface area contributed by atoms with Gasteiger partial charge in [0, 0.05) is 25.7 Å². The van der Waals surface area contributed by atoms with E-state index in [4.69, 9.17) is 10.6 Å². The van der Waals surface area contributed by atoms with E-state index in [-0.39, 0.29) is 12.1 Å². The van der Waals surface area contributed by atoms with Crippen molar-refractivity contribution >= 4 is 15.9 Å². The number of hydrogen-bond donors (Lipinski definition) is 2. The van der Waals surface area contributed by atoms with Gasteiger partial charge in [0.05, 0.1) is 35.1 Å². The molecule has 0 aliphatic carbocycles. The second kappa shape index (κ2) is 7.69. The Bertz CT molecular complexity index is 451. The lowest BCUT2D eigenvalue weighted by Crippen LogP contribution is -2.51. The van der Waals surface area contributed by atoms with Gasteiger partial charge in [0.2, 0.25) is 0 Å². The molecular formula is C14H26BrN5O. The van der Waals surface area contributed by atoms with Gasteiger partial charge in [-0.3, -0.25) is 15.4 Å². The summed E-state index contributed by atoms with van der Waals surface area (Å²) < 4.78 is 8.96. The van der Waals surface area contributed by atoms with E-state index in [1.807, 2.05) is 10.9 Å². The number of hydrazine groups is 1. The lowest BCUT2D eigenvalue weighted by Gasteiger charge is -2.38. The first kappa shape index (κ1) is 16.9. The number of aryl methyl sites for hydroxylation is 1. The third kappa shape index (κ3) is 3.84. The highest BCUT2D eigenvalue weighted by Gasteiger charge is 2.32. The van der Waals surface area contributed by atoms with Crippen LogP contribution in [0.25, 0.3) is 0 Å². The predicted octanol–water partition coefficient (Wildman–Crippen LogP) is 1.67. The number of nitrogens with one attached hydrogen (secondary N) is 1. The maximum absolute atomic E-state index is 5.98. The Morgan fingerprint density at radius 2 is 2.33 bits per heavy atom. The Balaban J connectivity index is 2.21. The van der Waals surface area contributed by atoms with Crippen molar-refractivity contribution in [3.8, 4) is 0 Å². The fourth-order valence-corrected chi connectivity index (χ4v) is 3.34. The van der Waals surface area contributed by atoms with Crippen LogP contribution in [0.4, 0.5) is 0 Å². The molecule has 0 radical (unpaired) electrons. The number of nitrogens with two attached hydrogens (primary N) is 1. The number of aromatic nitrogens is 2. The van der Waals surface area contributed by atoms with E-state index in [9.17, 15) is 0 Å². The summed E-state index contributed by atoms with van der Waals surface area (Å²) in [7, 11) is 0. The molecule has 0 saturated carbocycles. The van der Waals surface area contributed by atoms with E-state index >= 15 is 0 Å². The second-order valence-corrected chi connectivity index (χ2v) is 6.60. The van der Waals surface area contributed by atoms with Crippen molar-refractivity contribution < 1.29 is 4.74 Å². The maximum Gasteiger partial charge on any atom is 0.0925 e. The second-order valence-electron chi connectivity index (χ2n) is 5.74. The minimum absolute atomic E-state index is 0.0229. The minimum Gasteiger partial charge on any atom is -0.373 e. The van der Waals surface area contributed by atoms with Gasteiger partial charge in [0.15, 0.2) is 0 Å². The van der Waals surface area contributed by atoms with Gasteiger partial charge >= 0.3 is 0 Å². The van der Waals surface area contributed by atoms with Gasteiger partial charge in [0.1, 0.15) is 0 Å². The topological polar surface area (TPSA) is 68.3 Å². The minimum atomic E-state index is -0.0741. The van der Waals surface area contributed by atoms with Crippen LogP contribution in [-0.2, 0) is 11.3 Å². The lowest BCUT2D eigenvalue weighted by atomic mass is 10.1. The summed E-state index contributed by atoms with van der Waals surface area (Å²) in [6.45, 7) is 10.0. The average Bonchev–Trinajstić information content (AvgIpc) is 2.82. The van der Waals surface area contributed by atoms with Gasteiger partial charge in [-0.15, -0.1) is 0 Å². The molecule has 2 rings (SSSR count). The first-order valence-corrected chi connectivity index (χ1v) is 8.40. The lowest BCUT2D eigenvalue weighted by molar-refractivity contribution is -0.0575. The van der Waals surface area contributed by atoms with Gasteiger partial charge in [-0.05, 0) is 36.2 Å². The van der Waals surface area contributed by atoms with Crippen LogP contribution in [0.5, 0.6) is 0 Å². The molecular weight excluding hydrogens is 334 g/mol. The largest absolute Gasteiger partial charge is 0.373 e. The molecule has 0 amide bonds. The van der Waals surface area contributed by atoms with Crippen molar-refractivity contribution in [1.29, 1.82) is 0 Å². The molecule has 120 valence electrons. The normalized spacial score (nSPS) is 21.9. The third-order valence-electron chi connectivity index (χ3n) is 3.97. The van der Waals surface area contributed by atoms with Gasteiger partial charge in [-0.25, -0.2) is 5.43 Å². The molecule has 1 fully saturated rings. The van der Waals surface area contributed by atoms with Crippen LogP contribution in [0.1, 0.15) is 38.9 Å². The van der Waals surface area contributed by atoms with Crippen LogP contribution in [0.2, 0.25) is 0 Å². The van der Waals surface area contributed by atoms with E-state index in [2.05, 4.69) is 52.1 Å². The summed E-state index contributed by atoms with van der Waals surface area (Å²) in [6.07, 6.45) is 2.88. The molecule has 1 aliphatic heterocycles. The van der Waals surface area contributed by atoms with E-state index < -0.39 is 0 Å². The molecule has 21 heavy (non-hydrogen) atoms. The molecule has 7 heteroatoms. The standard InChI is InChI=1S/C14H26BrN5O/c1-4-5-20-14(11(15)8-17-20)13(18-16)12-9-19(10(2)3)6-7-21-12/h8,10,12-13,18H,4-7,9,16H2,1-3H3. The maximum atomic E-state index is 5.98. The molecule has 1 aliphatic rings. The van der Waals surface area contributed by atoms with E-state index in [1.54, 1.807) is 0 Å². The zero-order valence-corrected chi connectivity index (χ0v) is 14.6. The molecule has 2 unspecified atom stereocenters. The Morgan fingerprint density at radius 1 is 1.57 bits per heavy atom. The molecule has 2 atom stereocenters.